The van der Waals surface area contributed by atoms with Gasteiger partial charge in [0.25, 0.3) is 0 Å². The smallest absolute Gasteiger partial charge is 0.227 e. The lowest BCUT2D eigenvalue weighted by Gasteiger charge is -2.36. The molecule has 4 heterocycles. The van der Waals surface area contributed by atoms with Crippen molar-refractivity contribution in [2.45, 2.75) is 26.7 Å². The minimum absolute atomic E-state index is 0.809. The van der Waals surface area contributed by atoms with E-state index in [2.05, 4.69) is 44.6 Å². The standard InChI is InChI=1S/C19H27N7/c1-15-4-8-25(9-5-15)19-22-16(2)14-17(23-19)24-10-12-26(13-11-24)18-20-6-3-7-21-18/h3,6-7,14-15H,4-5,8-13H2,1-2H3. The lowest BCUT2D eigenvalue weighted by Crippen LogP contribution is -2.47. The number of aromatic nitrogens is 4. The van der Waals surface area contributed by atoms with Crippen molar-refractivity contribution in [3.05, 3.63) is 30.2 Å². The molecule has 7 nitrogen and oxygen atoms in total. The summed E-state index contributed by atoms with van der Waals surface area (Å²) in [5.74, 6) is 3.55. The highest BCUT2D eigenvalue weighted by Crippen LogP contribution is 2.24. The summed E-state index contributed by atoms with van der Waals surface area (Å²) in [5.41, 5.74) is 1.04. The van der Waals surface area contributed by atoms with Gasteiger partial charge >= 0.3 is 0 Å². The van der Waals surface area contributed by atoms with Gasteiger partial charge in [-0.2, -0.15) is 4.98 Å². The van der Waals surface area contributed by atoms with Crippen LogP contribution in [0.2, 0.25) is 0 Å². The van der Waals surface area contributed by atoms with Gasteiger partial charge in [0.1, 0.15) is 5.82 Å². The van der Waals surface area contributed by atoms with Gasteiger partial charge in [0.15, 0.2) is 0 Å². The van der Waals surface area contributed by atoms with Crippen LogP contribution in [0.25, 0.3) is 0 Å². The molecule has 4 rings (SSSR count). The van der Waals surface area contributed by atoms with Gasteiger partial charge in [-0.3, -0.25) is 0 Å². The molecule has 0 spiro atoms. The van der Waals surface area contributed by atoms with Crippen molar-refractivity contribution in [1.82, 2.24) is 19.9 Å². The van der Waals surface area contributed by atoms with E-state index >= 15 is 0 Å². The van der Waals surface area contributed by atoms with Crippen LogP contribution >= 0.6 is 0 Å². The maximum atomic E-state index is 4.89. The molecule has 7 heteroatoms. The summed E-state index contributed by atoms with van der Waals surface area (Å²) in [6.45, 7) is 10.2. The van der Waals surface area contributed by atoms with E-state index in [0.29, 0.717) is 0 Å². The van der Waals surface area contributed by atoms with Gasteiger partial charge in [-0.15, -0.1) is 0 Å². The number of rotatable bonds is 3. The molecular weight excluding hydrogens is 326 g/mol. The molecule has 0 bridgehead atoms. The number of hydrogen-bond donors (Lipinski definition) is 0. The van der Waals surface area contributed by atoms with E-state index in [1.165, 1.54) is 12.8 Å². The molecule has 0 aliphatic carbocycles. The molecule has 2 aromatic heterocycles. The fourth-order valence-electron chi connectivity index (χ4n) is 3.64. The van der Waals surface area contributed by atoms with Crippen LogP contribution in [-0.4, -0.2) is 59.2 Å². The molecule has 2 aromatic rings. The fraction of sp³-hybridized carbons (Fsp3) is 0.579. The fourth-order valence-corrected chi connectivity index (χ4v) is 3.64. The molecule has 0 unspecified atom stereocenters. The van der Waals surface area contributed by atoms with Crippen molar-refractivity contribution in [1.29, 1.82) is 0 Å². The van der Waals surface area contributed by atoms with Crippen molar-refractivity contribution in [3.8, 4) is 0 Å². The third-order valence-corrected chi connectivity index (χ3v) is 5.33. The molecule has 138 valence electrons. The highest BCUT2D eigenvalue weighted by molar-refractivity contribution is 5.48. The van der Waals surface area contributed by atoms with Gasteiger partial charge in [0, 0.05) is 63.4 Å². The Labute approximate surface area is 155 Å². The van der Waals surface area contributed by atoms with Gasteiger partial charge in [0.2, 0.25) is 11.9 Å². The zero-order valence-corrected chi connectivity index (χ0v) is 15.7. The number of nitrogens with zero attached hydrogens (tertiary/aromatic N) is 7. The van der Waals surface area contributed by atoms with Gasteiger partial charge in [-0.1, -0.05) is 6.92 Å². The Morgan fingerprint density at radius 1 is 0.808 bits per heavy atom. The number of piperazine rings is 1. The molecule has 2 saturated heterocycles. The largest absolute Gasteiger partial charge is 0.353 e. The molecular formula is C19H27N7. The Balaban J connectivity index is 1.45. The normalized spacial score (nSPS) is 19.1. The zero-order chi connectivity index (χ0) is 17.9. The predicted octanol–water partition coefficient (Wildman–Crippen LogP) is 2.14. The van der Waals surface area contributed by atoms with E-state index in [-0.39, 0.29) is 0 Å². The quantitative estimate of drug-likeness (QED) is 0.838. The third kappa shape index (κ3) is 3.71. The first kappa shape index (κ1) is 17.0. The molecule has 2 fully saturated rings. The first-order chi connectivity index (χ1) is 12.7. The summed E-state index contributed by atoms with van der Waals surface area (Å²) in [5, 5.41) is 0. The summed E-state index contributed by atoms with van der Waals surface area (Å²) < 4.78 is 0. The van der Waals surface area contributed by atoms with Crippen LogP contribution in [0.15, 0.2) is 24.5 Å². The monoisotopic (exact) mass is 353 g/mol. The first-order valence-electron chi connectivity index (χ1n) is 9.56. The van der Waals surface area contributed by atoms with Gasteiger partial charge in [0.05, 0.1) is 0 Å². The predicted molar refractivity (Wildman–Crippen MR) is 104 cm³/mol. The van der Waals surface area contributed by atoms with E-state index < -0.39 is 0 Å². The Kier molecular flexibility index (Phi) is 4.86. The average Bonchev–Trinajstić information content (AvgIpc) is 2.69. The summed E-state index contributed by atoms with van der Waals surface area (Å²) in [7, 11) is 0. The molecule has 0 radical (unpaired) electrons. The van der Waals surface area contributed by atoms with Crippen molar-refractivity contribution in [3.63, 3.8) is 0 Å². The van der Waals surface area contributed by atoms with Crippen molar-refractivity contribution >= 4 is 17.7 Å². The maximum absolute atomic E-state index is 4.89. The van der Waals surface area contributed by atoms with Crippen LogP contribution in [0.1, 0.15) is 25.5 Å². The van der Waals surface area contributed by atoms with E-state index in [1.807, 2.05) is 6.07 Å². The Morgan fingerprint density at radius 3 is 2.12 bits per heavy atom. The molecule has 0 aromatic carbocycles. The molecule has 0 amide bonds. The SMILES string of the molecule is Cc1cc(N2CCN(c3ncccn3)CC2)nc(N2CCC(C)CC2)n1. The lowest BCUT2D eigenvalue weighted by molar-refractivity contribution is 0.434. The average molecular weight is 353 g/mol. The number of piperidine rings is 1. The second kappa shape index (κ2) is 7.43. The minimum Gasteiger partial charge on any atom is -0.353 e. The molecule has 0 atom stereocenters. The summed E-state index contributed by atoms with van der Waals surface area (Å²) >= 11 is 0. The van der Waals surface area contributed by atoms with Crippen molar-refractivity contribution in [2.75, 3.05) is 54.0 Å². The van der Waals surface area contributed by atoms with Crippen LogP contribution in [0.3, 0.4) is 0 Å². The van der Waals surface area contributed by atoms with E-state index in [0.717, 1.165) is 68.6 Å². The zero-order valence-electron chi connectivity index (χ0n) is 15.7. The molecule has 26 heavy (non-hydrogen) atoms. The Bertz CT molecular complexity index is 720. The number of aryl methyl sites for hydroxylation is 1. The lowest BCUT2D eigenvalue weighted by atomic mass is 10.00. The topological polar surface area (TPSA) is 61.3 Å². The minimum atomic E-state index is 0.809. The van der Waals surface area contributed by atoms with Crippen LogP contribution in [0.5, 0.6) is 0 Å². The molecule has 2 aliphatic heterocycles. The maximum Gasteiger partial charge on any atom is 0.227 e. The van der Waals surface area contributed by atoms with Crippen LogP contribution in [0, 0.1) is 12.8 Å². The first-order valence-corrected chi connectivity index (χ1v) is 9.56. The third-order valence-electron chi connectivity index (χ3n) is 5.33. The Morgan fingerprint density at radius 2 is 1.42 bits per heavy atom. The Hall–Kier alpha value is -2.44. The summed E-state index contributed by atoms with van der Waals surface area (Å²) in [6.07, 6.45) is 6.05. The van der Waals surface area contributed by atoms with E-state index in [9.17, 15) is 0 Å². The van der Waals surface area contributed by atoms with Gasteiger partial charge in [-0.05, 0) is 31.7 Å². The van der Waals surface area contributed by atoms with E-state index in [1.54, 1.807) is 12.4 Å². The number of anilines is 3. The molecule has 2 aliphatic rings. The van der Waals surface area contributed by atoms with Gasteiger partial charge in [-0.25, -0.2) is 15.0 Å². The summed E-state index contributed by atoms with van der Waals surface area (Å²) in [4.78, 5) is 25.2. The number of hydrogen-bond acceptors (Lipinski definition) is 7. The second-order valence-corrected chi connectivity index (χ2v) is 7.36. The van der Waals surface area contributed by atoms with Gasteiger partial charge < -0.3 is 14.7 Å². The highest BCUT2D eigenvalue weighted by Gasteiger charge is 2.23. The van der Waals surface area contributed by atoms with Crippen LogP contribution in [-0.2, 0) is 0 Å². The van der Waals surface area contributed by atoms with Crippen LogP contribution < -0.4 is 14.7 Å². The molecule has 0 saturated carbocycles. The van der Waals surface area contributed by atoms with Crippen molar-refractivity contribution < 1.29 is 0 Å². The molecule has 0 N–H and O–H groups in total. The van der Waals surface area contributed by atoms with Crippen molar-refractivity contribution in [2.24, 2.45) is 5.92 Å². The van der Waals surface area contributed by atoms with Crippen LogP contribution in [0.4, 0.5) is 17.7 Å². The summed E-state index contributed by atoms with van der Waals surface area (Å²) in [6, 6.07) is 3.96. The van der Waals surface area contributed by atoms with E-state index in [4.69, 9.17) is 9.97 Å². The highest BCUT2D eigenvalue weighted by atomic mass is 15.3. The second-order valence-electron chi connectivity index (χ2n) is 7.36.